The van der Waals surface area contributed by atoms with Crippen LogP contribution in [0.3, 0.4) is 0 Å². The number of carbonyl (C=O) groups is 2. The molecule has 0 radical (unpaired) electrons. The predicted molar refractivity (Wildman–Crippen MR) is 144 cm³/mol. The molecule has 39 heavy (non-hydrogen) atoms. The molecule has 0 bridgehead atoms. The number of hydrogen-bond donors (Lipinski definition) is 2. The van der Waals surface area contributed by atoms with E-state index in [1.807, 2.05) is 19.1 Å². The summed E-state index contributed by atoms with van der Waals surface area (Å²) in [6.07, 6.45) is 3.74. The molecule has 11 nitrogen and oxygen atoms in total. The van der Waals surface area contributed by atoms with E-state index in [9.17, 15) is 14.9 Å². The minimum absolute atomic E-state index is 0.0218. The first-order chi connectivity index (χ1) is 18.9. The van der Waals surface area contributed by atoms with Crippen molar-refractivity contribution in [2.24, 2.45) is 0 Å². The van der Waals surface area contributed by atoms with Gasteiger partial charge < -0.3 is 10.6 Å². The number of fused-ring (bicyclic) bond motifs is 1. The third-order valence-electron chi connectivity index (χ3n) is 5.85. The van der Waals surface area contributed by atoms with E-state index < -0.39 is 5.91 Å². The number of nitriles is 1. The largest absolute Gasteiger partial charge is 0.369 e. The second-order valence-corrected chi connectivity index (χ2v) is 9.04. The van der Waals surface area contributed by atoms with Crippen LogP contribution < -0.4 is 10.6 Å². The molecule has 12 heteroatoms. The summed E-state index contributed by atoms with van der Waals surface area (Å²) in [5, 5.41) is 25.2. The molecule has 0 fully saturated rings. The van der Waals surface area contributed by atoms with Crippen molar-refractivity contribution >= 4 is 34.9 Å². The topological polar surface area (TPSA) is 143 Å². The maximum absolute atomic E-state index is 13.3. The zero-order valence-corrected chi connectivity index (χ0v) is 21.6. The quantitative estimate of drug-likeness (QED) is 0.213. The van der Waals surface area contributed by atoms with E-state index in [2.05, 4.69) is 36.9 Å². The van der Waals surface area contributed by atoms with Gasteiger partial charge in [0.1, 0.15) is 17.5 Å². The van der Waals surface area contributed by atoms with Gasteiger partial charge in [0.15, 0.2) is 5.69 Å². The van der Waals surface area contributed by atoms with Crippen LogP contribution in [0.25, 0.3) is 11.5 Å². The molecule has 0 aliphatic heterocycles. The zero-order valence-electron chi connectivity index (χ0n) is 20.8. The summed E-state index contributed by atoms with van der Waals surface area (Å²) in [6.45, 7) is 2.63. The Morgan fingerprint density at radius 3 is 2.54 bits per heavy atom. The summed E-state index contributed by atoms with van der Waals surface area (Å²) >= 11 is 6.06. The number of nitrogens with zero attached hydrogens (tertiary/aromatic N) is 7. The molecule has 5 aromatic rings. The van der Waals surface area contributed by atoms with Gasteiger partial charge in [0, 0.05) is 36.1 Å². The van der Waals surface area contributed by atoms with Crippen molar-refractivity contribution in [3.8, 4) is 11.8 Å². The molecular weight excluding hydrogens is 518 g/mol. The first kappa shape index (κ1) is 25.6. The molecule has 0 aliphatic rings. The molecule has 3 heterocycles. The van der Waals surface area contributed by atoms with Gasteiger partial charge in [-0.2, -0.15) is 15.3 Å². The van der Waals surface area contributed by atoms with Gasteiger partial charge in [-0.15, -0.1) is 5.10 Å². The van der Waals surface area contributed by atoms with Gasteiger partial charge in [-0.1, -0.05) is 41.4 Å². The van der Waals surface area contributed by atoms with Crippen LogP contribution in [0.4, 0.5) is 5.82 Å². The molecule has 5 rings (SSSR count). The summed E-state index contributed by atoms with van der Waals surface area (Å²) < 4.78 is 2.94. The Morgan fingerprint density at radius 1 is 1.05 bits per heavy atom. The molecule has 0 spiro atoms. The number of aryl methyl sites for hydroxylation is 1. The Labute approximate surface area is 228 Å². The average molecular weight is 540 g/mol. The lowest BCUT2D eigenvalue weighted by atomic mass is 10.0. The Hall–Kier alpha value is -5.08. The maximum Gasteiger partial charge on any atom is 0.291 e. The molecule has 3 aromatic heterocycles. The molecule has 194 valence electrons. The highest BCUT2D eigenvalue weighted by atomic mass is 35.5. The van der Waals surface area contributed by atoms with Crippen molar-refractivity contribution in [2.75, 3.05) is 18.4 Å². The van der Waals surface area contributed by atoms with Crippen LogP contribution in [-0.4, -0.2) is 54.1 Å². The minimum atomic E-state index is -0.421. The smallest absolute Gasteiger partial charge is 0.291 e. The first-order valence-electron chi connectivity index (χ1n) is 12.0. The summed E-state index contributed by atoms with van der Waals surface area (Å²) in [7, 11) is 0. The molecule has 0 saturated heterocycles. The molecule has 0 unspecified atom stereocenters. The van der Waals surface area contributed by atoms with Crippen LogP contribution in [0, 0.1) is 18.3 Å². The van der Waals surface area contributed by atoms with Crippen molar-refractivity contribution < 1.29 is 9.59 Å². The van der Waals surface area contributed by atoms with Crippen molar-refractivity contribution in [3.63, 3.8) is 0 Å². The summed E-state index contributed by atoms with van der Waals surface area (Å²) in [5.74, 6) is -0.0533. The van der Waals surface area contributed by atoms with Crippen LogP contribution in [0.5, 0.6) is 0 Å². The summed E-state index contributed by atoms with van der Waals surface area (Å²) in [4.78, 5) is 33.9. The number of carbonyl (C=O) groups excluding carboxylic acids is 2. The zero-order chi connectivity index (χ0) is 27.4. The van der Waals surface area contributed by atoms with E-state index in [1.165, 1.54) is 9.20 Å². The van der Waals surface area contributed by atoms with E-state index >= 15 is 0 Å². The number of anilines is 1. The van der Waals surface area contributed by atoms with E-state index in [1.54, 1.807) is 54.9 Å². The SMILES string of the molecule is Cc1ccc(C(=O)c2nn(-c3ccc(Cl)cc3)c(NCCCNC(=O)c3nc4ncccn4n3)c2C#N)cc1. The average Bonchev–Trinajstić information content (AvgIpc) is 3.55. The Bertz CT molecular complexity index is 1670. The number of rotatable bonds is 9. The number of ketones is 1. The third kappa shape index (κ3) is 5.46. The lowest BCUT2D eigenvalue weighted by molar-refractivity contribution is 0.0942. The Balaban J connectivity index is 1.32. The van der Waals surface area contributed by atoms with Crippen molar-refractivity contribution in [3.05, 3.63) is 100 Å². The second-order valence-electron chi connectivity index (χ2n) is 8.60. The number of nitrogens with one attached hydrogen (secondary N) is 2. The van der Waals surface area contributed by atoms with E-state index in [4.69, 9.17) is 11.6 Å². The van der Waals surface area contributed by atoms with Gasteiger partial charge in [0.2, 0.25) is 11.6 Å². The van der Waals surface area contributed by atoms with Crippen molar-refractivity contribution in [2.45, 2.75) is 13.3 Å². The van der Waals surface area contributed by atoms with Crippen LogP contribution in [0.15, 0.2) is 67.0 Å². The molecule has 0 aliphatic carbocycles. The summed E-state index contributed by atoms with van der Waals surface area (Å²) in [6, 6.07) is 17.8. The molecule has 0 atom stereocenters. The van der Waals surface area contributed by atoms with Crippen LogP contribution in [-0.2, 0) is 0 Å². The van der Waals surface area contributed by atoms with Gasteiger partial charge in [-0.25, -0.2) is 14.2 Å². The summed E-state index contributed by atoms with van der Waals surface area (Å²) in [5.41, 5.74) is 2.24. The second kappa shape index (κ2) is 11.1. The van der Waals surface area contributed by atoms with Crippen molar-refractivity contribution in [1.82, 2.24) is 34.7 Å². The fraction of sp³-hybridized carbons (Fsp3) is 0.148. The van der Waals surface area contributed by atoms with Crippen molar-refractivity contribution in [1.29, 1.82) is 5.26 Å². The number of halogens is 1. The van der Waals surface area contributed by atoms with Gasteiger partial charge in [-0.05, 0) is 43.7 Å². The molecule has 2 N–H and O–H groups in total. The lowest BCUT2D eigenvalue weighted by Crippen LogP contribution is -2.27. The molecule has 2 aromatic carbocycles. The van der Waals surface area contributed by atoms with Crippen LogP contribution >= 0.6 is 11.6 Å². The van der Waals surface area contributed by atoms with Gasteiger partial charge in [-0.3, -0.25) is 9.59 Å². The molecular formula is C27H22ClN9O2. The minimum Gasteiger partial charge on any atom is -0.369 e. The highest BCUT2D eigenvalue weighted by Gasteiger charge is 2.25. The number of benzene rings is 2. The Kier molecular flexibility index (Phi) is 7.29. The number of aromatic nitrogens is 6. The van der Waals surface area contributed by atoms with E-state index in [0.717, 1.165) is 5.56 Å². The fourth-order valence-corrected chi connectivity index (χ4v) is 3.99. The van der Waals surface area contributed by atoms with Crippen LogP contribution in [0.1, 0.15) is 44.2 Å². The normalized spacial score (nSPS) is 10.8. The first-order valence-corrected chi connectivity index (χ1v) is 12.4. The van der Waals surface area contributed by atoms with E-state index in [0.29, 0.717) is 47.4 Å². The molecule has 1 amide bonds. The molecule has 0 saturated carbocycles. The van der Waals surface area contributed by atoms with Gasteiger partial charge in [0.25, 0.3) is 11.7 Å². The number of amides is 1. The van der Waals surface area contributed by atoms with Gasteiger partial charge in [0.05, 0.1) is 5.69 Å². The maximum atomic E-state index is 13.3. The Morgan fingerprint density at radius 2 is 1.82 bits per heavy atom. The lowest BCUT2D eigenvalue weighted by Gasteiger charge is -2.10. The monoisotopic (exact) mass is 539 g/mol. The third-order valence-corrected chi connectivity index (χ3v) is 6.10. The highest BCUT2D eigenvalue weighted by Crippen LogP contribution is 2.26. The van der Waals surface area contributed by atoms with Gasteiger partial charge >= 0.3 is 0 Å². The standard InChI is InChI=1S/C27H22ClN9O2/c1-17-4-6-18(7-5-17)23(38)22-21(16-29)25(37(34-22)20-10-8-19(28)9-11-20)30-12-2-13-31-26(39)24-33-27-32-14-3-15-36(27)35-24/h3-11,14-15,30H,2,12-13H2,1H3,(H,31,39). The number of hydrogen-bond acceptors (Lipinski definition) is 8. The predicted octanol–water partition coefficient (Wildman–Crippen LogP) is 3.61. The van der Waals surface area contributed by atoms with E-state index in [-0.39, 0.29) is 22.9 Å². The highest BCUT2D eigenvalue weighted by molar-refractivity contribution is 6.30. The fourth-order valence-electron chi connectivity index (χ4n) is 3.86. The van der Waals surface area contributed by atoms with Crippen LogP contribution in [0.2, 0.25) is 5.02 Å².